The Hall–Kier alpha value is -1.57. The zero-order valence-corrected chi connectivity index (χ0v) is 13.0. The molecular formula is C19H26N2. The molecule has 1 aliphatic carbocycles. The van der Waals surface area contributed by atoms with Gasteiger partial charge in [0.1, 0.15) is 0 Å². The van der Waals surface area contributed by atoms with Crippen LogP contribution in [0.15, 0.2) is 36.7 Å². The smallest absolute Gasteiger partial charge is 0.0423 e. The number of nitrogens with zero attached hydrogens (tertiary/aromatic N) is 1. The molecule has 1 aliphatic rings. The zero-order chi connectivity index (χ0) is 14.5. The second kappa shape index (κ2) is 6.93. The van der Waals surface area contributed by atoms with Crippen LogP contribution in [0.2, 0.25) is 0 Å². The van der Waals surface area contributed by atoms with Gasteiger partial charge >= 0.3 is 0 Å². The van der Waals surface area contributed by atoms with Gasteiger partial charge in [0.15, 0.2) is 0 Å². The molecule has 0 spiro atoms. The molecule has 2 heteroatoms. The lowest BCUT2D eigenvalue weighted by Crippen LogP contribution is -2.18. The molecular weight excluding hydrogens is 256 g/mol. The highest BCUT2D eigenvalue weighted by Gasteiger charge is 2.18. The van der Waals surface area contributed by atoms with E-state index in [1.54, 1.807) is 0 Å². The lowest BCUT2D eigenvalue weighted by molar-refractivity contribution is 0.422. The number of hydrogen-bond donors (Lipinski definition) is 1. The van der Waals surface area contributed by atoms with E-state index in [-0.39, 0.29) is 0 Å². The number of rotatable bonds is 4. The Morgan fingerprint density at radius 3 is 3.00 bits per heavy atom. The minimum atomic E-state index is 0.630. The van der Waals surface area contributed by atoms with Crippen molar-refractivity contribution in [1.82, 2.24) is 4.98 Å². The van der Waals surface area contributed by atoms with Crippen LogP contribution in [0, 0.1) is 5.92 Å². The van der Waals surface area contributed by atoms with Gasteiger partial charge in [0, 0.05) is 34.9 Å². The maximum atomic E-state index is 4.22. The van der Waals surface area contributed by atoms with Gasteiger partial charge in [0.2, 0.25) is 0 Å². The summed E-state index contributed by atoms with van der Waals surface area (Å²) >= 11 is 0. The number of nitrogens with one attached hydrogen (secondary N) is 1. The van der Waals surface area contributed by atoms with Gasteiger partial charge in [-0.25, -0.2) is 0 Å². The second-order valence-electron chi connectivity index (χ2n) is 6.41. The second-order valence-corrected chi connectivity index (χ2v) is 6.41. The summed E-state index contributed by atoms with van der Waals surface area (Å²) in [5.74, 6) is 0.957. The van der Waals surface area contributed by atoms with Crippen molar-refractivity contribution in [3.8, 4) is 0 Å². The van der Waals surface area contributed by atoms with Crippen molar-refractivity contribution in [1.29, 1.82) is 0 Å². The van der Waals surface area contributed by atoms with Gasteiger partial charge in [-0.2, -0.15) is 0 Å². The van der Waals surface area contributed by atoms with Crippen LogP contribution in [0.4, 0.5) is 5.69 Å². The first-order valence-electron chi connectivity index (χ1n) is 8.46. The molecule has 112 valence electrons. The molecule has 2 aromatic rings. The van der Waals surface area contributed by atoms with Crippen LogP contribution in [0.25, 0.3) is 10.8 Å². The normalized spacial score (nSPS) is 22.9. The van der Waals surface area contributed by atoms with Gasteiger partial charge in [-0.15, -0.1) is 0 Å². The standard InChI is InChI=1S/C19H26N2/c1-2-5-15-6-3-8-17(11-10-15)21-19-9-4-7-16-14-20-13-12-18(16)19/h4,7,9,12-15,17,21H,2-3,5-6,8,10-11H2,1H3. The fourth-order valence-corrected chi connectivity index (χ4v) is 3.69. The number of hydrogen-bond acceptors (Lipinski definition) is 2. The molecule has 3 rings (SSSR count). The predicted molar refractivity (Wildman–Crippen MR) is 90.6 cm³/mol. The van der Waals surface area contributed by atoms with Gasteiger partial charge in [0.05, 0.1) is 0 Å². The van der Waals surface area contributed by atoms with Crippen LogP contribution in [0.1, 0.15) is 51.9 Å². The van der Waals surface area contributed by atoms with Crippen molar-refractivity contribution in [3.63, 3.8) is 0 Å². The maximum Gasteiger partial charge on any atom is 0.0423 e. The number of benzene rings is 1. The largest absolute Gasteiger partial charge is 0.382 e. The maximum absolute atomic E-state index is 4.22. The molecule has 0 radical (unpaired) electrons. The fraction of sp³-hybridized carbons (Fsp3) is 0.526. The third-order valence-corrected chi connectivity index (χ3v) is 4.83. The molecule has 0 saturated heterocycles. The monoisotopic (exact) mass is 282 g/mol. The summed E-state index contributed by atoms with van der Waals surface area (Å²) in [5.41, 5.74) is 1.27. The van der Waals surface area contributed by atoms with E-state index < -0.39 is 0 Å². The van der Waals surface area contributed by atoms with Crippen molar-refractivity contribution >= 4 is 16.5 Å². The van der Waals surface area contributed by atoms with Crippen molar-refractivity contribution in [2.75, 3.05) is 5.32 Å². The molecule has 2 atom stereocenters. The Bertz CT molecular complexity index is 573. The molecule has 0 amide bonds. The number of aromatic nitrogens is 1. The van der Waals surface area contributed by atoms with E-state index in [2.05, 4.69) is 41.5 Å². The predicted octanol–water partition coefficient (Wildman–Crippen LogP) is 5.40. The van der Waals surface area contributed by atoms with E-state index in [1.165, 1.54) is 61.4 Å². The van der Waals surface area contributed by atoms with Gasteiger partial charge in [-0.3, -0.25) is 4.98 Å². The van der Waals surface area contributed by atoms with Crippen LogP contribution in [-0.4, -0.2) is 11.0 Å². The zero-order valence-electron chi connectivity index (χ0n) is 13.0. The Balaban J connectivity index is 1.70. The average molecular weight is 282 g/mol. The van der Waals surface area contributed by atoms with E-state index >= 15 is 0 Å². The quantitative estimate of drug-likeness (QED) is 0.760. The lowest BCUT2D eigenvalue weighted by atomic mass is 9.95. The van der Waals surface area contributed by atoms with E-state index in [4.69, 9.17) is 0 Å². The van der Waals surface area contributed by atoms with E-state index in [1.807, 2.05) is 12.4 Å². The highest BCUT2D eigenvalue weighted by Crippen LogP contribution is 2.30. The van der Waals surface area contributed by atoms with Crippen LogP contribution < -0.4 is 5.32 Å². The third kappa shape index (κ3) is 3.55. The molecule has 1 aromatic heterocycles. The summed E-state index contributed by atoms with van der Waals surface area (Å²) < 4.78 is 0. The molecule has 1 saturated carbocycles. The van der Waals surface area contributed by atoms with Crippen molar-refractivity contribution < 1.29 is 0 Å². The van der Waals surface area contributed by atoms with E-state index in [9.17, 15) is 0 Å². The highest BCUT2D eigenvalue weighted by atomic mass is 14.9. The fourth-order valence-electron chi connectivity index (χ4n) is 3.69. The van der Waals surface area contributed by atoms with Crippen molar-refractivity contribution in [3.05, 3.63) is 36.7 Å². The SMILES string of the molecule is CCCC1CCCC(Nc2cccc3cnccc23)CC1. The number of anilines is 1. The van der Waals surface area contributed by atoms with Gasteiger partial charge < -0.3 is 5.32 Å². The lowest BCUT2D eigenvalue weighted by Gasteiger charge is -2.19. The summed E-state index contributed by atoms with van der Waals surface area (Å²) in [6.07, 6.45) is 13.4. The van der Waals surface area contributed by atoms with Crippen LogP contribution >= 0.6 is 0 Å². The highest BCUT2D eigenvalue weighted by molar-refractivity contribution is 5.93. The van der Waals surface area contributed by atoms with Crippen LogP contribution in [0.3, 0.4) is 0 Å². The van der Waals surface area contributed by atoms with Gasteiger partial charge in [0.25, 0.3) is 0 Å². The van der Waals surface area contributed by atoms with Crippen molar-refractivity contribution in [2.45, 2.75) is 57.9 Å². The first kappa shape index (κ1) is 14.4. The van der Waals surface area contributed by atoms with E-state index in [0.717, 1.165) is 5.92 Å². The van der Waals surface area contributed by atoms with Gasteiger partial charge in [-0.05, 0) is 37.3 Å². The van der Waals surface area contributed by atoms with Crippen LogP contribution in [0.5, 0.6) is 0 Å². The summed E-state index contributed by atoms with van der Waals surface area (Å²) in [5, 5.41) is 6.31. The molecule has 1 aromatic carbocycles. The van der Waals surface area contributed by atoms with Crippen LogP contribution in [-0.2, 0) is 0 Å². The summed E-state index contributed by atoms with van der Waals surface area (Å²) in [7, 11) is 0. The third-order valence-electron chi connectivity index (χ3n) is 4.83. The van der Waals surface area contributed by atoms with Gasteiger partial charge in [-0.1, -0.05) is 44.7 Å². The Labute approximate surface area is 128 Å². The topological polar surface area (TPSA) is 24.9 Å². The first-order valence-corrected chi connectivity index (χ1v) is 8.46. The molecule has 1 N–H and O–H groups in total. The average Bonchev–Trinajstić information content (AvgIpc) is 2.74. The molecule has 2 nitrogen and oxygen atoms in total. The summed E-state index contributed by atoms with van der Waals surface area (Å²) in [4.78, 5) is 4.22. The summed E-state index contributed by atoms with van der Waals surface area (Å²) in [6.45, 7) is 2.31. The Kier molecular flexibility index (Phi) is 4.74. The molecule has 0 bridgehead atoms. The minimum absolute atomic E-state index is 0.630. The molecule has 1 fully saturated rings. The summed E-state index contributed by atoms with van der Waals surface area (Å²) in [6, 6.07) is 9.22. The Morgan fingerprint density at radius 1 is 1.14 bits per heavy atom. The molecule has 0 aliphatic heterocycles. The van der Waals surface area contributed by atoms with Crippen molar-refractivity contribution in [2.24, 2.45) is 5.92 Å². The number of fused-ring (bicyclic) bond motifs is 1. The van der Waals surface area contributed by atoms with E-state index in [0.29, 0.717) is 6.04 Å². The molecule has 2 unspecified atom stereocenters. The molecule has 21 heavy (non-hydrogen) atoms. The number of pyridine rings is 1. The Morgan fingerprint density at radius 2 is 2.10 bits per heavy atom. The minimum Gasteiger partial charge on any atom is -0.382 e. The first-order chi connectivity index (χ1) is 10.4. The molecule has 1 heterocycles.